The number of nitrogens with two attached hydrogens (primary N) is 1. The van der Waals surface area contributed by atoms with Crippen LogP contribution in [0, 0.1) is 0 Å². The highest BCUT2D eigenvalue weighted by molar-refractivity contribution is 7.80. The molecular formula is C19H24Cl2N4O3S. The van der Waals surface area contributed by atoms with E-state index in [0.29, 0.717) is 27.9 Å². The Labute approximate surface area is 185 Å². The molecule has 0 unspecified atom stereocenters. The maximum Gasteiger partial charge on any atom is 0.222 e. The van der Waals surface area contributed by atoms with Gasteiger partial charge in [0.25, 0.3) is 0 Å². The molecule has 1 aliphatic rings. The molecule has 4 N–H and O–H groups in total. The van der Waals surface area contributed by atoms with Crippen molar-refractivity contribution in [3.05, 3.63) is 40.4 Å². The molecule has 0 aliphatic heterocycles. The van der Waals surface area contributed by atoms with Gasteiger partial charge in [0.2, 0.25) is 5.28 Å². The molecule has 1 aromatic heterocycles. The SMILES string of the molecule is COc1cc(OCc2ccnc(Cl)n2)c(Cl)cc1NC(N)=S.OC1CCCCC1. The lowest BCUT2D eigenvalue weighted by atomic mass is 9.98. The van der Waals surface area contributed by atoms with Crippen molar-refractivity contribution in [3.63, 3.8) is 0 Å². The fraction of sp³-hybridized carbons (Fsp3) is 0.421. The fourth-order valence-corrected chi connectivity index (χ4v) is 3.22. The van der Waals surface area contributed by atoms with Crippen molar-refractivity contribution in [2.75, 3.05) is 12.4 Å². The number of aliphatic hydroxyl groups excluding tert-OH is 1. The standard InChI is InChI=1S/C13H12Cl2N4O2S.C6H12O/c1-20-11-5-10(8(14)4-9(11)19-13(16)22)21-6-7-2-3-17-12(15)18-7;7-6-4-2-1-3-5-6/h2-5H,6H2,1H3,(H3,16,19,22);6-7H,1-5H2. The highest BCUT2D eigenvalue weighted by atomic mass is 35.5. The summed E-state index contributed by atoms with van der Waals surface area (Å²) in [5.41, 5.74) is 6.63. The van der Waals surface area contributed by atoms with Crippen molar-refractivity contribution in [3.8, 4) is 11.5 Å². The Hall–Kier alpha value is -1.87. The van der Waals surface area contributed by atoms with Gasteiger partial charge in [0.1, 0.15) is 18.1 Å². The van der Waals surface area contributed by atoms with Gasteiger partial charge in [-0.2, -0.15) is 0 Å². The van der Waals surface area contributed by atoms with Gasteiger partial charge in [-0.1, -0.05) is 30.9 Å². The van der Waals surface area contributed by atoms with Crippen LogP contribution >= 0.6 is 35.4 Å². The second-order valence-electron chi connectivity index (χ2n) is 6.37. The van der Waals surface area contributed by atoms with E-state index in [0.717, 1.165) is 12.8 Å². The number of rotatable bonds is 5. The second kappa shape index (κ2) is 12.0. The zero-order chi connectivity index (χ0) is 21.2. The summed E-state index contributed by atoms with van der Waals surface area (Å²) in [6, 6.07) is 4.94. The van der Waals surface area contributed by atoms with Gasteiger partial charge in [0.05, 0.1) is 29.6 Å². The number of nitrogens with zero attached hydrogens (tertiary/aromatic N) is 2. The molecule has 29 heavy (non-hydrogen) atoms. The number of halogens is 2. The van der Waals surface area contributed by atoms with Crippen LogP contribution in [0.1, 0.15) is 37.8 Å². The average Bonchev–Trinajstić information content (AvgIpc) is 2.68. The summed E-state index contributed by atoms with van der Waals surface area (Å²) in [6.45, 7) is 0.188. The van der Waals surface area contributed by atoms with Crippen LogP contribution in [0.2, 0.25) is 10.3 Å². The molecule has 1 aromatic carbocycles. The van der Waals surface area contributed by atoms with Crippen molar-refractivity contribution in [2.45, 2.75) is 44.8 Å². The number of anilines is 1. The van der Waals surface area contributed by atoms with E-state index in [1.165, 1.54) is 26.4 Å². The Balaban J connectivity index is 0.000000360. The minimum Gasteiger partial charge on any atom is -0.494 e. The molecule has 0 bridgehead atoms. The third kappa shape index (κ3) is 8.18. The Morgan fingerprint density at radius 3 is 2.55 bits per heavy atom. The third-order valence-corrected chi connectivity index (χ3v) is 4.73. The van der Waals surface area contributed by atoms with E-state index in [4.69, 9.17) is 55.7 Å². The monoisotopic (exact) mass is 458 g/mol. The molecule has 1 fully saturated rings. The van der Waals surface area contributed by atoms with Crippen molar-refractivity contribution in [2.24, 2.45) is 5.73 Å². The van der Waals surface area contributed by atoms with E-state index in [-0.39, 0.29) is 23.1 Å². The van der Waals surface area contributed by atoms with Gasteiger partial charge in [0.15, 0.2) is 5.11 Å². The van der Waals surface area contributed by atoms with Crippen LogP contribution in [0.4, 0.5) is 5.69 Å². The quantitative estimate of drug-likeness (QED) is 0.448. The van der Waals surface area contributed by atoms with Crippen LogP contribution < -0.4 is 20.5 Å². The summed E-state index contributed by atoms with van der Waals surface area (Å²) in [5.74, 6) is 0.926. The lowest BCUT2D eigenvalue weighted by Crippen LogP contribution is -2.19. The first kappa shape index (κ1) is 23.4. The largest absolute Gasteiger partial charge is 0.494 e. The summed E-state index contributed by atoms with van der Waals surface area (Å²) < 4.78 is 10.9. The lowest BCUT2D eigenvalue weighted by molar-refractivity contribution is 0.130. The maximum atomic E-state index is 8.91. The van der Waals surface area contributed by atoms with Crippen LogP contribution in [-0.2, 0) is 6.61 Å². The molecule has 0 radical (unpaired) electrons. The molecule has 10 heteroatoms. The number of ether oxygens (including phenoxy) is 2. The first-order valence-electron chi connectivity index (χ1n) is 9.11. The minimum atomic E-state index is 0.0359. The van der Waals surface area contributed by atoms with Crippen LogP contribution in [0.25, 0.3) is 0 Å². The van der Waals surface area contributed by atoms with Crippen molar-refractivity contribution >= 4 is 46.2 Å². The second-order valence-corrected chi connectivity index (χ2v) is 7.55. The van der Waals surface area contributed by atoms with Gasteiger partial charge >= 0.3 is 0 Å². The fourth-order valence-electron chi connectivity index (χ4n) is 2.73. The molecule has 158 valence electrons. The van der Waals surface area contributed by atoms with Gasteiger partial charge in [-0.3, -0.25) is 0 Å². The maximum absolute atomic E-state index is 8.91. The predicted molar refractivity (Wildman–Crippen MR) is 119 cm³/mol. The summed E-state index contributed by atoms with van der Waals surface area (Å²) in [4.78, 5) is 7.83. The summed E-state index contributed by atoms with van der Waals surface area (Å²) in [6.07, 6.45) is 7.47. The van der Waals surface area contributed by atoms with Gasteiger partial charge in [0, 0.05) is 12.3 Å². The summed E-state index contributed by atoms with van der Waals surface area (Å²) in [7, 11) is 1.52. The van der Waals surface area contributed by atoms with E-state index in [2.05, 4.69) is 15.3 Å². The van der Waals surface area contributed by atoms with Crippen molar-refractivity contribution in [1.82, 2.24) is 9.97 Å². The average molecular weight is 459 g/mol. The predicted octanol–water partition coefficient (Wildman–Crippen LogP) is 4.34. The van der Waals surface area contributed by atoms with E-state index >= 15 is 0 Å². The number of hydrogen-bond acceptors (Lipinski definition) is 6. The molecular weight excluding hydrogens is 435 g/mol. The third-order valence-electron chi connectivity index (χ3n) is 4.15. The number of nitrogens with one attached hydrogen (secondary N) is 1. The molecule has 1 saturated carbocycles. The van der Waals surface area contributed by atoms with Crippen LogP contribution in [0.3, 0.4) is 0 Å². The number of hydrogen-bond donors (Lipinski definition) is 3. The van der Waals surface area contributed by atoms with Crippen molar-refractivity contribution in [1.29, 1.82) is 0 Å². The van der Waals surface area contributed by atoms with Crippen LogP contribution in [0.15, 0.2) is 24.4 Å². The Kier molecular flexibility index (Phi) is 9.66. The van der Waals surface area contributed by atoms with Crippen LogP contribution in [-0.4, -0.2) is 33.4 Å². The number of methoxy groups -OCH3 is 1. The van der Waals surface area contributed by atoms with Crippen molar-refractivity contribution < 1.29 is 14.6 Å². The highest BCUT2D eigenvalue weighted by Crippen LogP contribution is 2.36. The topological polar surface area (TPSA) is 103 Å². The molecule has 0 saturated heterocycles. The van der Waals surface area contributed by atoms with Gasteiger partial charge in [-0.05, 0) is 48.8 Å². The summed E-state index contributed by atoms with van der Waals surface area (Å²) >= 11 is 16.7. The minimum absolute atomic E-state index is 0.0359. The van der Waals surface area contributed by atoms with Crippen LogP contribution in [0.5, 0.6) is 11.5 Å². The van der Waals surface area contributed by atoms with Gasteiger partial charge in [-0.25, -0.2) is 9.97 Å². The van der Waals surface area contributed by atoms with E-state index < -0.39 is 0 Å². The van der Waals surface area contributed by atoms with E-state index in [1.54, 1.807) is 24.4 Å². The number of thiocarbonyl (C=S) groups is 1. The lowest BCUT2D eigenvalue weighted by Gasteiger charge is -2.14. The van der Waals surface area contributed by atoms with Gasteiger partial charge < -0.3 is 25.6 Å². The van der Waals surface area contributed by atoms with Gasteiger partial charge in [-0.15, -0.1) is 0 Å². The molecule has 1 aliphatic carbocycles. The number of aromatic nitrogens is 2. The molecule has 2 aromatic rings. The zero-order valence-corrected chi connectivity index (χ0v) is 18.4. The van der Waals surface area contributed by atoms with E-state index in [1.807, 2.05) is 0 Å². The molecule has 0 spiro atoms. The van der Waals surface area contributed by atoms with E-state index in [9.17, 15) is 0 Å². The molecule has 3 rings (SSSR count). The first-order valence-corrected chi connectivity index (χ1v) is 10.3. The smallest absolute Gasteiger partial charge is 0.222 e. The Bertz CT molecular complexity index is 820. The zero-order valence-electron chi connectivity index (χ0n) is 16.0. The Morgan fingerprint density at radius 1 is 1.28 bits per heavy atom. The molecule has 0 atom stereocenters. The number of aliphatic hydroxyl groups is 1. The molecule has 0 amide bonds. The summed E-state index contributed by atoms with van der Waals surface area (Å²) in [5, 5.41) is 12.3. The Morgan fingerprint density at radius 2 is 2.00 bits per heavy atom. The normalized spacial score (nSPS) is 13.8. The first-order chi connectivity index (χ1) is 13.9. The number of benzene rings is 1. The highest BCUT2D eigenvalue weighted by Gasteiger charge is 2.12. The molecule has 7 nitrogen and oxygen atoms in total. The molecule has 1 heterocycles.